The lowest BCUT2D eigenvalue weighted by Crippen LogP contribution is -2.47. The third kappa shape index (κ3) is 5.89. The molecular weight excluding hydrogens is 281 g/mol. The van der Waals surface area contributed by atoms with Crippen LogP contribution in [0.25, 0.3) is 0 Å². The molecule has 0 spiro atoms. The molecule has 0 saturated heterocycles. The second-order valence-electron chi connectivity index (χ2n) is 4.29. The largest absolute Gasteiger partial charge is 0.480 e. The van der Waals surface area contributed by atoms with E-state index in [4.69, 9.17) is 10.8 Å². The molecule has 0 aliphatic heterocycles. The first-order valence-corrected chi connectivity index (χ1v) is 6.16. The Morgan fingerprint density at radius 3 is 2.48 bits per heavy atom. The maximum Gasteiger partial charge on any atom is 0.323 e. The fraction of sp³-hybridized carbons (Fsp3) is 0.308. The average Bonchev–Trinajstić information content (AvgIpc) is 2.39. The van der Waals surface area contributed by atoms with Crippen LogP contribution in [-0.2, 0) is 16.0 Å². The van der Waals surface area contributed by atoms with Crippen LogP contribution in [-0.4, -0.2) is 47.5 Å². The molecule has 0 bridgehead atoms. The van der Waals surface area contributed by atoms with Gasteiger partial charge in [0.1, 0.15) is 18.9 Å². The number of carbonyl (C=O) groups is 3. The highest BCUT2D eigenvalue weighted by atomic mass is 19.1. The van der Waals surface area contributed by atoms with Crippen molar-refractivity contribution < 1.29 is 23.9 Å². The number of primary amides is 1. The van der Waals surface area contributed by atoms with Crippen molar-refractivity contribution in [2.24, 2.45) is 5.73 Å². The van der Waals surface area contributed by atoms with E-state index in [0.29, 0.717) is 5.56 Å². The number of nitrogens with one attached hydrogen (secondary N) is 1. The lowest BCUT2D eigenvalue weighted by Gasteiger charge is -2.19. The van der Waals surface area contributed by atoms with Crippen LogP contribution >= 0.6 is 0 Å². The number of nitrogens with two attached hydrogens (primary N) is 1. The van der Waals surface area contributed by atoms with Crippen LogP contribution in [0.5, 0.6) is 0 Å². The van der Waals surface area contributed by atoms with E-state index in [9.17, 15) is 18.8 Å². The summed E-state index contributed by atoms with van der Waals surface area (Å²) in [7, 11) is 0. The lowest BCUT2D eigenvalue weighted by atomic mass is 10.1. The Bertz CT molecular complexity index is 520. The molecule has 1 rings (SSSR count). The Hall–Kier alpha value is -2.64. The van der Waals surface area contributed by atoms with Gasteiger partial charge in [0.25, 0.3) is 0 Å². The van der Waals surface area contributed by atoms with Crippen LogP contribution in [0.4, 0.5) is 9.18 Å². The van der Waals surface area contributed by atoms with Crippen molar-refractivity contribution >= 4 is 17.9 Å². The number of aliphatic carboxylic acids is 1. The van der Waals surface area contributed by atoms with E-state index in [2.05, 4.69) is 5.32 Å². The lowest BCUT2D eigenvalue weighted by molar-refractivity contribution is -0.137. The second kappa shape index (κ2) is 7.83. The molecule has 0 aliphatic carbocycles. The van der Waals surface area contributed by atoms with Gasteiger partial charge in [0.2, 0.25) is 5.91 Å². The fourth-order valence-corrected chi connectivity index (χ4v) is 1.67. The van der Waals surface area contributed by atoms with Gasteiger partial charge in [-0.15, -0.1) is 0 Å². The SMILES string of the molecule is NC(=O)CN(CC(=O)O)C(=O)NCCc1ccccc1F. The zero-order chi connectivity index (χ0) is 15.8. The van der Waals surface area contributed by atoms with Gasteiger partial charge in [0.15, 0.2) is 0 Å². The maximum atomic E-state index is 13.4. The molecule has 0 aromatic heterocycles. The molecule has 0 atom stereocenters. The molecule has 0 radical (unpaired) electrons. The number of amides is 3. The van der Waals surface area contributed by atoms with Gasteiger partial charge < -0.3 is 21.1 Å². The molecule has 8 heteroatoms. The molecule has 3 amide bonds. The summed E-state index contributed by atoms with van der Waals surface area (Å²) in [4.78, 5) is 33.9. The van der Waals surface area contributed by atoms with Crippen LogP contribution in [0.1, 0.15) is 5.56 Å². The van der Waals surface area contributed by atoms with Gasteiger partial charge in [-0.2, -0.15) is 0 Å². The standard InChI is InChI=1S/C13H16FN3O4/c14-10-4-2-1-3-9(10)5-6-16-13(21)17(7-11(15)18)8-12(19)20/h1-4H,5-8H2,(H2,15,18)(H,16,21)(H,19,20). The summed E-state index contributed by atoms with van der Waals surface area (Å²) in [5.74, 6) is -2.47. The molecule has 114 valence electrons. The summed E-state index contributed by atoms with van der Waals surface area (Å²) in [5.41, 5.74) is 5.37. The first-order valence-electron chi connectivity index (χ1n) is 6.16. The predicted molar refractivity (Wildman–Crippen MR) is 71.9 cm³/mol. The summed E-state index contributed by atoms with van der Waals surface area (Å²) >= 11 is 0. The number of hydrogen-bond acceptors (Lipinski definition) is 3. The minimum atomic E-state index is -1.26. The molecule has 21 heavy (non-hydrogen) atoms. The highest BCUT2D eigenvalue weighted by Crippen LogP contribution is 2.06. The predicted octanol–water partition coefficient (Wildman–Crippen LogP) is -0.0503. The van der Waals surface area contributed by atoms with E-state index in [0.717, 1.165) is 4.90 Å². The van der Waals surface area contributed by atoms with E-state index in [1.807, 2.05) is 0 Å². The minimum absolute atomic E-state index is 0.106. The van der Waals surface area contributed by atoms with Crippen molar-refractivity contribution in [3.8, 4) is 0 Å². The number of carbonyl (C=O) groups excluding carboxylic acids is 2. The Morgan fingerprint density at radius 2 is 1.90 bits per heavy atom. The van der Waals surface area contributed by atoms with Crippen LogP contribution in [0, 0.1) is 5.82 Å². The van der Waals surface area contributed by atoms with E-state index in [1.165, 1.54) is 6.07 Å². The summed E-state index contributed by atoms with van der Waals surface area (Å²) in [6, 6.07) is 5.37. The monoisotopic (exact) mass is 297 g/mol. The van der Waals surface area contributed by atoms with Crippen molar-refractivity contribution in [2.45, 2.75) is 6.42 Å². The summed E-state index contributed by atoms with van der Waals surface area (Å²) in [5, 5.41) is 11.1. The molecule has 4 N–H and O–H groups in total. The summed E-state index contributed by atoms with van der Waals surface area (Å²) in [6.07, 6.45) is 0.246. The van der Waals surface area contributed by atoms with Crippen molar-refractivity contribution in [2.75, 3.05) is 19.6 Å². The van der Waals surface area contributed by atoms with E-state index < -0.39 is 31.0 Å². The van der Waals surface area contributed by atoms with E-state index >= 15 is 0 Å². The molecule has 7 nitrogen and oxygen atoms in total. The number of benzene rings is 1. The van der Waals surface area contributed by atoms with Crippen molar-refractivity contribution in [3.05, 3.63) is 35.6 Å². The number of hydrogen-bond donors (Lipinski definition) is 3. The number of carboxylic acids is 1. The van der Waals surface area contributed by atoms with Gasteiger partial charge >= 0.3 is 12.0 Å². The number of urea groups is 1. The normalized spacial score (nSPS) is 9.95. The third-order valence-corrected chi connectivity index (χ3v) is 2.59. The van der Waals surface area contributed by atoms with E-state index in [-0.39, 0.29) is 18.8 Å². The molecule has 0 heterocycles. The van der Waals surface area contributed by atoms with Crippen LogP contribution in [0.15, 0.2) is 24.3 Å². The fourth-order valence-electron chi connectivity index (χ4n) is 1.67. The number of carboxylic acid groups (broad SMARTS) is 1. The molecule has 1 aromatic rings. The first kappa shape index (κ1) is 16.4. The minimum Gasteiger partial charge on any atom is -0.480 e. The van der Waals surface area contributed by atoms with Gasteiger partial charge in [0, 0.05) is 6.54 Å². The molecule has 0 saturated carbocycles. The van der Waals surface area contributed by atoms with Gasteiger partial charge in [-0.05, 0) is 18.1 Å². The number of nitrogens with zero attached hydrogens (tertiary/aromatic N) is 1. The molecule has 0 unspecified atom stereocenters. The number of rotatable bonds is 7. The molecule has 0 aliphatic rings. The zero-order valence-corrected chi connectivity index (χ0v) is 11.2. The first-order chi connectivity index (χ1) is 9.90. The average molecular weight is 297 g/mol. The van der Waals surface area contributed by atoms with Crippen LogP contribution < -0.4 is 11.1 Å². The summed E-state index contributed by atoms with van der Waals surface area (Å²) in [6.45, 7) is -1.04. The van der Waals surface area contributed by atoms with E-state index in [1.54, 1.807) is 18.2 Å². The second-order valence-corrected chi connectivity index (χ2v) is 4.29. The maximum absolute atomic E-state index is 13.4. The highest BCUT2D eigenvalue weighted by Gasteiger charge is 2.18. The Labute approximate surface area is 120 Å². The van der Waals surface area contributed by atoms with Crippen LogP contribution in [0.3, 0.4) is 0 Å². The Balaban J connectivity index is 2.51. The van der Waals surface area contributed by atoms with Gasteiger partial charge in [0.05, 0.1) is 0 Å². The van der Waals surface area contributed by atoms with Gasteiger partial charge in [-0.25, -0.2) is 9.18 Å². The quantitative estimate of drug-likeness (QED) is 0.655. The zero-order valence-electron chi connectivity index (χ0n) is 11.2. The van der Waals surface area contributed by atoms with Crippen LogP contribution in [0.2, 0.25) is 0 Å². The van der Waals surface area contributed by atoms with Gasteiger partial charge in [-0.1, -0.05) is 18.2 Å². The smallest absolute Gasteiger partial charge is 0.323 e. The molecular formula is C13H16FN3O4. The van der Waals surface area contributed by atoms with Crippen molar-refractivity contribution in [1.29, 1.82) is 0 Å². The molecule has 1 aromatic carbocycles. The topological polar surface area (TPSA) is 113 Å². The highest BCUT2D eigenvalue weighted by molar-refractivity contribution is 5.85. The Morgan fingerprint density at radius 1 is 1.24 bits per heavy atom. The molecule has 0 fully saturated rings. The van der Waals surface area contributed by atoms with Crippen molar-refractivity contribution in [1.82, 2.24) is 10.2 Å². The van der Waals surface area contributed by atoms with Crippen molar-refractivity contribution in [3.63, 3.8) is 0 Å². The third-order valence-electron chi connectivity index (χ3n) is 2.59. The number of halogens is 1. The Kier molecular flexibility index (Phi) is 6.12. The summed E-state index contributed by atoms with van der Waals surface area (Å²) < 4.78 is 13.4. The van der Waals surface area contributed by atoms with Gasteiger partial charge in [-0.3, -0.25) is 9.59 Å².